The molecule has 31 heavy (non-hydrogen) atoms. The summed E-state index contributed by atoms with van der Waals surface area (Å²) in [6.07, 6.45) is -2.59. The van der Waals surface area contributed by atoms with Gasteiger partial charge in [-0.3, -0.25) is 10.00 Å². The van der Waals surface area contributed by atoms with Crippen molar-refractivity contribution in [2.24, 2.45) is 0 Å². The lowest BCUT2D eigenvalue weighted by Gasteiger charge is -2.38. The van der Waals surface area contributed by atoms with Gasteiger partial charge < -0.3 is 0 Å². The van der Waals surface area contributed by atoms with Crippen molar-refractivity contribution < 1.29 is 17.6 Å². The van der Waals surface area contributed by atoms with Crippen LogP contribution in [-0.4, -0.2) is 60.7 Å². The molecule has 4 heterocycles. The van der Waals surface area contributed by atoms with Crippen LogP contribution in [0.2, 0.25) is 0 Å². The van der Waals surface area contributed by atoms with Crippen molar-refractivity contribution in [2.75, 3.05) is 19.6 Å². The smallest absolute Gasteiger partial charge is 0.293 e. The van der Waals surface area contributed by atoms with Gasteiger partial charge >= 0.3 is 6.18 Å². The van der Waals surface area contributed by atoms with Gasteiger partial charge in [-0.1, -0.05) is 18.2 Å². The highest BCUT2D eigenvalue weighted by molar-refractivity contribution is 5.89. The number of benzene rings is 1. The van der Waals surface area contributed by atoms with Crippen molar-refractivity contribution in [3.8, 4) is 11.5 Å². The fourth-order valence-corrected chi connectivity index (χ4v) is 3.76. The van der Waals surface area contributed by atoms with E-state index in [1.54, 1.807) is 35.1 Å². The van der Waals surface area contributed by atoms with Gasteiger partial charge in [0.2, 0.25) is 5.82 Å². The number of pyridine rings is 1. The van der Waals surface area contributed by atoms with Crippen molar-refractivity contribution in [3.05, 3.63) is 59.8 Å². The Morgan fingerprint density at radius 3 is 2.68 bits per heavy atom. The van der Waals surface area contributed by atoms with E-state index in [0.717, 1.165) is 0 Å². The molecule has 160 valence electrons. The number of fused-ring (bicyclic) bond motifs is 1. The monoisotopic (exact) mass is 431 g/mol. The van der Waals surface area contributed by atoms with Crippen LogP contribution in [-0.2, 0) is 6.54 Å². The van der Waals surface area contributed by atoms with Crippen LogP contribution in [0.25, 0.3) is 22.6 Å². The lowest BCUT2D eigenvalue weighted by molar-refractivity contribution is -0.155. The van der Waals surface area contributed by atoms with Gasteiger partial charge in [0.25, 0.3) is 0 Å². The molecule has 0 bridgehead atoms. The standard InChI is InChI=1S/C20H17F4N7/c21-15-6-2-1-4-12(15)10-31-19-14(5-3-7-25-19)16(29-31)18-26-17(27-28-18)13-8-30(9-13)11-20(22,23)24/h1-7,13H,8-11H2,(H,26,27,28). The van der Waals surface area contributed by atoms with Crippen LogP contribution in [0.5, 0.6) is 0 Å². The zero-order valence-corrected chi connectivity index (χ0v) is 16.1. The quantitative estimate of drug-likeness (QED) is 0.491. The molecule has 5 rings (SSSR count). The lowest BCUT2D eigenvalue weighted by Crippen LogP contribution is -2.49. The second-order valence-corrected chi connectivity index (χ2v) is 7.52. The van der Waals surface area contributed by atoms with Crippen molar-refractivity contribution in [2.45, 2.75) is 18.6 Å². The first-order valence-electron chi connectivity index (χ1n) is 9.64. The first kappa shape index (κ1) is 19.6. The third-order valence-corrected chi connectivity index (χ3v) is 5.25. The second kappa shape index (κ2) is 7.41. The van der Waals surface area contributed by atoms with Crippen LogP contribution in [0.15, 0.2) is 42.6 Å². The number of halogens is 4. The highest BCUT2D eigenvalue weighted by Gasteiger charge is 2.38. The molecule has 0 spiro atoms. The SMILES string of the molecule is Fc1ccccc1Cn1nc(-c2n[nH]c(C3CN(CC(F)(F)F)C3)n2)c2cccnc21. The van der Waals surface area contributed by atoms with Crippen LogP contribution in [0.1, 0.15) is 17.3 Å². The molecule has 0 atom stereocenters. The highest BCUT2D eigenvalue weighted by atomic mass is 19.4. The minimum Gasteiger partial charge on any atom is -0.293 e. The minimum absolute atomic E-state index is 0.145. The van der Waals surface area contributed by atoms with Gasteiger partial charge in [0.1, 0.15) is 17.3 Å². The lowest BCUT2D eigenvalue weighted by atomic mass is 9.99. The van der Waals surface area contributed by atoms with E-state index in [1.165, 1.54) is 11.0 Å². The van der Waals surface area contributed by atoms with Crippen LogP contribution >= 0.6 is 0 Å². The summed E-state index contributed by atoms with van der Waals surface area (Å²) < 4.78 is 53.2. The zero-order valence-electron chi connectivity index (χ0n) is 16.1. The number of hydrogen-bond donors (Lipinski definition) is 1. The largest absolute Gasteiger partial charge is 0.401 e. The van der Waals surface area contributed by atoms with Gasteiger partial charge in [-0.15, -0.1) is 0 Å². The number of aromatic amines is 1. The molecule has 1 aliphatic heterocycles. The van der Waals surface area contributed by atoms with Crippen LogP contribution in [0.4, 0.5) is 17.6 Å². The van der Waals surface area contributed by atoms with Crippen molar-refractivity contribution in [1.82, 2.24) is 34.8 Å². The van der Waals surface area contributed by atoms with Crippen molar-refractivity contribution in [3.63, 3.8) is 0 Å². The molecule has 7 nitrogen and oxygen atoms in total. The third kappa shape index (κ3) is 3.88. The molecule has 0 amide bonds. The zero-order chi connectivity index (χ0) is 21.6. The Hall–Kier alpha value is -3.34. The minimum atomic E-state index is -4.21. The number of likely N-dealkylation sites (tertiary alicyclic amines) is 1. The molecule has 4 aromatic rings. The van der Waals surface area contributed by atoms with E-state index < -0.39 is 12.7 Å². The molecule has 11 heteroatoms. The third-order valence-electron chi connectivity index (χ3n) is 5.25. The fourth-order valence-electron chi connectivity index (χ4n) is 3.76. The van der Waals surface area contributed by atoms with E-state index in [4.69, 9.17) is 0 Å². The van der Waals surface area contributed by atoms with Crippen LogP contribution < -0.4 is 0 Å². The molecule has 1 aromatic carbocycles. The van der Waals surface area contributed by atoms with E-state index in [9.17, 15) is 17.6 Å². The molecule has 0 aliphatic carbocycles. The van der Waals surface area contributed by atoms with Gasteiger partial charge in [0.05, 0.1) is 18.5 Å². The average Bonchev–Trinajstić information content (AvgIpc) is 3.31. The highest BCUT2D eigenvalue weighted by Crippen LogP contribution is 2.30. The molecule has 0 radical (unpaired) electrons. The molecule has 1 saturated heterocycles. The summed E-state index contributed by atoms with van der Waals surface area (Å²) in [6.45, 7) is -0.218. The topological polar surface area (TPSA) is 75.5 Å². The van der Waals surface area contributed by atoms with Crippen LogP contribution in [0.3, 0.4) is 0 Å². The number of alkyl halides is 3. The number of rotatable bonds is 5. The number of aromatic nitrogens is 6. The maximum atomic E-state index is 14.1. The number of nitrogens with zero attached hydrogens (tertiary/aromatic N) is 6. The van der Waals surface area contributed by atoms with E-state index in [1.807, 2.05) is 6.07 Å². The summed E-state index contributed by atoms with van der Waals surface area (Å²) in [4.78, 5) is 10.1. The predicted octanol–water partition coefficient (Wildman–Crippen LogP) is 3.37. The maximum absolute atomic E-state index is 14.1. The Balaban J connectivity index is 1.41. The Bertz CT molecular complexity index is 1220. The Morgan fingerprint density at radius 2 is 1.90 bits per heavy atom. The Labute approximate surface area is 173 Å². The summed E-state index contributed by atoms with van der Waals surface area (Å²) in [5, 5.41) is 12.3. The fraction of sp³-hybridized carbons (Fsp3) is 0.300. The van der Waals surface area contributed by atoms with E-state index >= 15 is 0 Å². The Kier molecular flexibility index (Phi) is 4.69. The molecule has 0 unspecified atom stereocenters. The van der Waals surface area contributed by atoms with Gasteiger partial charge in [-0.25, -0.2) is 19.0 Å². The first-order chi connectivity index (χ1) is 14.9. The molecule has 1 fully saturated rings. The predicted molar refractivity (Wildman–Crippen MR) is 104 cm³/mol. The van der Waals surface area contributed by atoms with E-state index in [2.05, 4.69) is 25.3 Å². The summed E-state index contributed by atoms with van der Waals surface area (Å²) in [6, 6.07) is 10.0. The number of nitrogens with one attached hydrogen (secondary N) is 1. The van der Waals surface area contributed by atoms with Gasteiger partial charge in [-0.2, -0.15) is 23.4 Å². The van der Waals surface area contributed by atoms with Crippen molar-refractivity contribution >= 4 is 11.0 Å². The summed E-state index contributed by atoms with van der Waals surface area (Å²) in [5.41, 5.74) is 1.51. The van der Waals surface area contributed by atoms with Crippen LogP contribution in [0, 0.1) is 5.82 Å². The van der Waals surface area contributed by atoms with Crippen molar-refractivity contribution in [1.29, 1.82) is 0 Å². The van der Waals surface area contributed by atoms with E-state index in [-0.39, 0.29) is 31.4 Å². The first-order valence-corrected chi connectivity index (χ1v) is 9.64. The number of H-pyrrole nitrogens is 1. The molecule has 1 N–H and O–H groups in total. The number of hydrogen-bond acceptors (Lipinski definition) is 5. The molecular formula is C20H17F4N7. The summed E-state index contributed by atoms with van der Waals surface area (Å²) in [7, 11) is 0. The Morgan fingerprint density at radius 1 is 1.10 bits per heavy atom. The normalized spacial score (nSPS) is 15.5. The van der Waals surface area contributed by atoms with Gasteiger partial charge in [0, 0.05) is 30.8 Å². The average molecular weight is 431 g/mol. The molecule has 0 saturated carbocycles. The summed E-state index contributed by atoms with van der Waals surface area (Å²) in [5.74, 6) is 0.370. The molecule has 1 aliphatic rings. The molecule has 3 aromatic heterocycles. The van der Waals surface area contributed by atoms with E-state index in [0.29, 0.717) is 33.9 Å². The second-order valence-electron chi connectivity index (χ2n) is 7.52. The maximum Gasteiger partial charge on any atom is 0.401 e. The summed E-state index contributed by atoms with van der Waals surface area (Å²) >= 11 is 0. The molecular weight excluding hydrogens is 414 g/mol. The van der Waals surface area contributed by atoms with Gasteiger partial charge in [0.15, 0.2) is 5.65 Å². The van der Waals surface area contributed by atoms with Gasteiger partial charge in [-0.05, 0) is 18.2 Å².